The largest absolute Gasteiger partial charge is 0.396 e. The van der Waals surface area contributed by atoms with Crippen molar-refractivity contribution >= 4 is 20.9 Å². The van der Waals surface area contributed by atoms with Crippen LogP contribution in [-0.4, -0.2) is 31.7 Å². The number of aliphatic hydroxyl groups excluding tert-OH is 1. The average molecular weight is 336 g/mol. The average Bonchev–Trinajstić information content (AvgIpc) is 2.52. The fourth-order valence-corrected chi connectivity index (χ4v) is 4.00. The van der Waals surface area contributed by atoms with Gasteiger partial charge in [-0.05, 0) is 43.4 Å². The topological polar surface area (TPSA) is 79.3 Å². The van der Waals surface area contributed by atoms with Gasteiger partial charge in [0.25, 0.3) is 0 Å². The fraction of sp³-hybridized carbons (Fsp3) is 0.471. The van der Waals surface area contributed by atoms with E-state index in [0.717, 1.165) is 23.8 Å². The molecule has 0 radical (unpaired) electrons. The quantitative estimate of drug-likeness (QED) is 0.776. The first-order valence-electron chi connectivity index (χ1n) is 7.94. The minimum atomic E-state index is -3.63. The van der Waals surface area contributed by atoms with Gasteiger partial charge in [-0.3, -0.25) is 4.98 Å². The van der Waals surface area contributed by atoms with Gasteiger partial charge < -0.3 is 5.11 Å². The van der Waals surface area contributed by atoms with E-state index < -0.39 is 10.0 Å². The number of rotatable bonds is 8. The SMILES string of the molecule is CCCC(CCO)CNS(=O)(=O)c1cccc2cc(C)cnc12. The lowest BCUT2D eigenvalue weighted by molar-refractivity contribution is 0.251. The third-order valence-electron chi connectivity index (χ3n) is 3.90. The molecule has 0 aliphatic carbocycles. The Kier molecular flexibility index (Phi) is 6.10. The van der Waals surface area contributed by atoms with Crippen molar-refractivity contribution in [2.45, 2.75) is 38.0 Å². The number of nitrogens with one attached hydrogen (secondary N) is 1. The predicted molar refractivity (Wildman–Crippen MR) is 91.8 cm³/mol. The van der Waals surface area contributed by atoms with E-state index >= 15 is 0 Å². The van der Waals surface area contributed by atoms with Crippen LogP contribution in [0.15, 0.2) is 35.4 Å². The Morgan fingerprint density at radius 3 is 2.78 bits per heavy atom. The highest BCUT2D eigenvalue weighted by Gasteiger charge is 2.19. The lowest BCUT2D eigenvalue weighted by Gasteiger charge is -2.16. The predicted octanol–water partition coefficient (Wildman–Crippen LogP) is 2.62. The summed E-state index contributed by atoms with van der Waals surface area (Å²) in [6, 6.07) is 7.09. The second kappa shape index (κ2) is 7.86. The lowest BCUT2D eigenvalue weighted by atomic mass is 10.0. The molecule has 1 aromatic carbocycles. The van der Waals surface area contributed by atoms with Crippen molar-refractivity contribution in [2.75, 3.05) is 13.2 Å². The number of hydrogen-bond donors (Lipinski definition) is 2. The molecule has 0 bridgehead atoms. The van der Waals surface area contributed by atoms with Crippen LogP contribution in [0.3, 0.4) is 0 Å². The van der Waals surface area contributed by atoms with Gasteiger partial charge >= 0.3 is 0 Å². The van der Waals surface area contributed by atoms with E-state index in [0.29, 0.717) is 18.5 Å². The van der Waals surface area contributed by atoms with E-state index in [2.05, 4.69) is 16.6 Å². The third kappa shape index (κ3) is 4.50. The second-order valence-electron chi connectivity index (χ2n) is 5.86. The van der Waals surface area contributed by atoms with E-state index in [1.165, 1.54) is 0 Å². The molecule has 0 spiro atoms. The zero-order valence-electron chi connectivity index (χ0n) is 13.6. The molecular weight excluding hydrogens is 312 g/mol. The molecule has 0 aliphatic heterocycles. The summed E-state index contributed by atoms with van der Waals surface area (Å²) in [7, 11) is -3.63. The van der Waals surface area contributed by atoms with Crippen LogP contribution < -0.4 is 4.72 Å². The molecule has 0 aliphatic rings. The molecule has 2 aromatic rings. The van der Waals surface area contributed by atoms with E-state index in [1.54, 1.807) is 18.3 Å². The number of aromatic nitrogens is 1. The van der Waals surface area contributed by atoms with Crippen LogP contribution in [-0.2, 0) is 10.0 Å². The van der Waals surface area contributed by atoms with Crippen LogP contribution in [0, 0.1) is 12.8 Å². The molecule has 0 saturated carbocycles. The van der Waals surface area contributed by atoms with Crippen LogP contribution in [0.5, 0.6) is 0 Å². The van der Waals surface area contributed by atoms with E-state index in [-0.39, 0.29) is 17.4 Å². The Hall–Kier alpha value is -1.50. The van der Waals surface area contributed by atoms with Gasteiger partial charge in [0.2, 0.25) is 10.0 Å². The van der Waals surface area contributed by atoms with Crippen molar-refractivity contribution < 1.29 is 13.5 Å². The van der Waals surface area contributed by atoms with Gasteiger partial charge in [0, 0.05) is 24.7 Å². The molecule has 1 heterocycles. The first-order chi connectivity index (χ1) is 11.0. The third-order valence-corrected chi connectivity index (χ3v) is 5.35. The van der Waals surface area contributed by atoms with Crippen LogP contribution >= 0.6 is 0 Å². The van der Waals surface area contributed by atoms with E-state index in [4.69, 9.17) is 5.11 Å². The molecule has 23 heavy (non-hydrogen) atoms. The van der Waals surface area contributed by atoms with Crippen molar-refractivity contribution in [3.8, 4) is 0 Å². The summed E-state index contributed by atoms with van der Waals surface area (Å²) in [4.78, 5) is 4.49. The van der Waals surface area contributed by atoms with Crippen molar-refractivity contribution in [3.05, 3.63) is 36.0 Å². The molecule has 0 fully saturated rings. The zero-order valence-corrected chi connectivity index (χ0v) is 14.4. The molecule has 0 amide bonds. The Labute approximate surface area is 137 Å². The minimum absolute atomic E-state index is 0.0709. The number of aryl methyl sites for hydroxylation is 1. The maximum atomic E-state index is 12.6. The highest BCUT2D eigenvalue weighted by atomic mass is 32.2. The van der Waals surface area contributed by atoms with Gasteiger partial charge in [-0.1, -0.05) is 25.5 Å². The minimum Gasteiger partial charge on any atom is -0.396 e. The second-order valence-corrected chi connectivity index (χ2v) is 7.59. The number of fused-ring (bicyclic) bond motifs is 1. The molecule has 2 rings (SSSR count). The molecule has 0 saturated heterocycles. The van der Waals surface area contributed by atoms with Crippen molar-refractivity contribution in [1.82, 2.24) is 9.71 Å². The van der Waals surface area contributed by atoms with Crippen LogP contribution in [0.1, 0.15) is 31.7 Å². The molecular formula is C17H24N2O3S. The first-order valence-corrected chi connectivity index (χ1v) is 9.42. The maximum absolute atomic E-state index is 12.6. The van der Waals surface area contributed by atoms with Gasteiger partial charge in [-0.15, -0.1) is 0 Å². The Morgan fingerprint density at radius 2 is 2.09 bits per heavy atom. The van der Waals surface area contributed by atoms with Crippen LogP contribution in [0.2, 0.25) is 0 Å². The van der Waals surface area contributed by atoms with Crippen LogP contribution in [0.25, 0.3) is 10.9 Å². The molecule has 2 N–H and O–H groups in total. The zero-order chi connectivity index (χ0) is 16.9. The molecule has 6 heteroatoms. The molecule has 1 unspecified atom stereocenters. The number of nitrogens with zero attached hydrogens (tertiary/aromatic N) is 1. The van der Waals surface area contributed by atoms with Gasteiger partial charge in [0.1, 0.15) is 4.90 Å². The van der Waals surface area contributed by atoms with Gasteiger partial charge in [0.05, 0.1) is 5.52 Å². The Bertz CT molecular complexity index is 754. The number of sulfonamides is 1. The van der Waals surface area contributed by atoms with E-state index in [1.807, 2.05) is 19.1 Å². The summed E-state index contributed by atoms with van der Waals surface area (Å²) in [5.41, 5.74) is 1.48. The van der Waals surface area contributed by atoms with Crippen molar-refractivity contribution in [3.63, 3.8) is 0 Å². The summed E-state index contributed by atoms with van der Waals surface area (Å²) in [6.45, 7) is 4.38. The normalized spacial score (nSPS) is 13.3. The van der Waals surface area contributed by atoms with E-state index in [9.17, 15) is 8.42 Å². The van der Waals surface area contributed by atoms with Gasteiger partial charge in [-0.25, -0.2) is 13.1 Å². The summed E-state index contributed by atoms with van der Waals surface area (Å²) in [5.74, 6) is 0.143. The Balaban J connectivity index is 2.26. The summed E-state index contributed by atoms with van der Waals surface area (Å²) < 4.78 is 27.9. The Morgan fingerprint density at radius 1 is 1.30 bits per heavy atom. The van der Waals surface area contributed by atoms with Crippen molar-refractivity contribution in [1.29, 1.82) is 0 Å². The molecule has 5 nitrogen and oxygen atoms in total. The summed E-state index contributed by atoms with van der Waals surface area (Å²) in [5, 5.41) is 9.90. The highest BCUT2D eigenvalue weighted by molar-refractivity contribution is 7.89. The molecule has 1 atom stereocenters. The van der Waals surface area contributed by atoms with Crippen molar-refractivity contribution in [2.24, 2.45) is 5.92 Å². The highest BCUT2D eigenvalue weighted by Crippen LogP contribution is 2.22. The molecule has 1 aromatic heterocycles. The first kappa shape index (κ1) is 17.8. The molecule has 126 valence electrons. The lowest BCUT2D eigenvalue weighted by Crippen LogP contribution is -2.30. The monoisotopic (exact) mass is 336 g/mol. The summed E-state index contributed by atoms with van der Waals surface area (Å²) in [6.07, 6.45) is 4.12. The number of benzene rings is 1. The smallest absolute Gasteiger partial charge is 0.242 e. The van der Waals surface area contributed by atoms with Gasteiger partial charge in [0.15, 0.2) is 0 Å². The maximum Gasteiger partial charge on any atom is 0.242 e. The summed E-state index contributed by atoms with van der Waals surface area (Å²) >= 11 is 0. The van der Waals surface area contributed by atoms with Gasteiger partial charge in [-0.2, -0.15) is 0 Å². The number of hydrogen-bond acceptors (Lipinski definition) is 4. The number of pyridine rings is 1. The number of para-hydroxylation sites is 1. The number of aliphatic hydroxyl groups is 1. The van der Waals surface area contributed by atoms with Crippen LogP contribution in [0.4, 0.5) is 0 Å². The standard InChI is InChI=1S/C17H24N2O3S/c1-3-5-14(8-9-20)12-19-23(21,22)16-7-4-6-15-10-13(2)11-18-17(15)16/h4,6-7,10-11,14,19-20H,3,5,8-9,12H2,1-2H3. The fourth-order valence-electron chi connectivity index (χ4n) is 2.70.